The molecule has 0 saturated heterocycles. The second-order valence-corrected chi connectivity index (χ2v) is 7.21. The zero-order chi connectivity index (χ0) is 14.8. The molecule has 6 heteroatoms. The number of fused-ring (bicyclic) bond motifs is 3. The number of aromatic nitrogens is 4. The summed E-state index contributed by atoms with van der Waals surface area (Å²) < 4.78 is 6.30. The number of H-pyrrole nitrogens is 1. The molecule has 4 rings (SSSR count). The molecule has 112 valence electrons. The van der Waals surface area contributed by atoms with Crippen molar-refractivity contribution in [2.24, 2.45) is 16.7 Å². The van der Waals surface area contributed by atoms with Crippen LogP contribution >= 0.6 is 0 Å². The Morgan fingerprint density at radius 1 is 1.33 bits per heavy atom. The summed E-state index contributed by atoms with van der Waals surface area (Å²) >= 11 is 0. The largest absolute Gasteiger partial charge is 0.472 e. The fraction of sp³-hybridized carbons (Fsp3) is 0.667. The average Bonchev–Trinajstić information content (AvgIpc) is 3.01. The minimum absolute atomic E-state index is 0.173. The van der Waals surface area contributed by atoms with E-state index < -0.39 is 0 Å². The number of nitrogens with one attached hydrogen (secondary N) is 1. The number of nitrogen functional groups attached to an aromatic ring is 1. The third kappa shape index (κ3) is 1.56. The first kappa shape index (κ1) is 12.9. The monoisotopic (exact) mass is 287 g/mol. The lowest BCUT2D eigenvalue weighted by molar-refractivity contribution is 0.0283. The van der Waals surface area contributed by atoms with Crippen molar-refractivity contribution in [2.75, 3.05) is 5.73 Å². The summed E-state index contributed by atoms with van der Waals surface area (Å²) in [7, 11) is 0. The summed E-state index contributed by atoms with van der Waals surface area (Å²) in [5.41, 5.74) is 7.55. The van der Waals surface area contributed by atoms with E-state index in [1.54, 1.807) is 6.33 Å². The van der Waals surface area contributed by atoms with Gasteiger partial charge in [0.1, 0.15) is 11.6 Å². The van der Waals surface area contributed by atoms with E-state index in [1.807, 2.05) is 0 Å². The van der Waals surface area contributed by atoms with E-state index in [9.17, 15) is 0 Å². The van der Waals surface area contributed by atoms with Gasteiger partial charge >= 0.3 is 0 Å². The second kappa shape index (κ2) is 3.87. The Bertz CT molecular complexity index is 709. The molecule has 6 nitrogen and oxygen atoms in total. The smallest absolute Gasteiger partial charge is 0.245 e. The Morgan fingerprint density at radius 2 is 2.14 bits per heavy atom. The molecule has 21 heavy (non-hydrogen) atoms. The topological polar surface area (TPSA) is 89.7 Å². The molecule has 2 aliphatic rings. The molecular weight excluding hydrogens is 266 g/mol. The van der Waals surface area contributed by atoms with E-state index in [0.29, 0.717) is 16.9 Å². The number of hydrogen-bond acceptors (Lipinski definition) is 5. The highest BCUT2D eigenvalue weighted by Gasteiger charge is 2.62. The van der Waals surface area contributed by atoms with Crippen LogP contribution in [0.1, 0.15) is 40.0 Å². The van der Waals surface area contributed by atoms with Gasteiger partial charge in [-0.3, -0.25) is 0 Å². The number of hydrogen-bond donors (Lipinski definition) is 2. The number of ether oxygens (including phenoxy) is 1. The van der Waals surface area contributed by atoms with Crippen molar-refractivity contribution in [3.63, 3.8) is 0 Å². The molecule has 0 spiro atoms. The standard InChI is InChI=1S/C15H21N5O/c1-14(2)8-4-5-15(14,3)9(6-8)21-12-10-11(18-7-17-10)19-13(16)20-12/h7-9H,4-6H2,1-3H3,(H3,16,17,18,19,20). The van der Waals surface area contributed by atoms with Crippen molar-refractivity contribution in [1.29, 1.82) is 0 Å². The molecule has 2 heterocycles. The van der Waals surface area contributed by atoms with Crippen molar-refractivity contribution in [1.82, 2.24) is 19.9 Å². The highest BCUT2D eigenvalue weighted by atomic mass is 16.5. The third-order valence-electron chi connectivity index (χ3n) is 6.24. The number of anilines is 1. The first-order valence-electron chi connectivity index (χ1n) is 7.55. The van der Waals surface area contributed by atoms with Gasteiger partial charge in [0, 0.05) is 5.41 Å². The zero-order valence-corrected chi connectivity index (χ0v) is 12.7. The van der Waals surface area contributed by atoms with Gasteiger partial charge in [-0.25, -0.2) is 4.98 Å². The fourth-order valence-corrected chi connectivity index (χ4v) is 4.35. The maximum absolute atomic E-state index is 6.30. The summed E-state index contributed by atoms with van der Waals surface area (Å²) in [6.07, 6.45) is 5.37. The molecule has 0 amide bonds. The van der Waals surface area contributed by atoms with Gasteiger partial charge < -0.3 is 15.5 Å². The molecule has 0 radical (unpaired) electrons. The summed E-state index contributed by atoms with van der Waals surface area (Å²) in [5, 5.41) is 0. The van der Waals surface area contributed by atoms with Crippen LogP contribution in [-0.4, -0.2) is 26.0 Å². The van der Waals surface area contributed by atoms with E-state index in [4.69, 9.17) is 10.5 Å². The van der Waals surface area contributed by atoms with Gasteiger partial charge in [-0.15, -0.1) is 0 Å². The molecule has 2 aromatic heterocycles. The van der Waals surface area contributed by atoms with E-state index in [0.717, 1.165) is 17.9 Å². The number of nitrogens with zero attached hydrogens (tertiary/aromatic N) is 3. The quantitative estimate of drug-likeness (QED) is 0.885. The van der Waals surface area contributed by atoms with Gasteiger partial charge in [-0.2, -0.15) is 9.97 Å². The molecule has 2 saturated carbocycles. The first-order chi connectivity index (χ1) is 9.92. The Kier molecular flexibility index (Phi) is 2.37. The normalized spacial score (nSPS) is 33.7. The van der Waals surface area contributed by atoms with Crippen molar-refractivity contribution in [3.05, 3.63) is 6.33 Å². The number of rotatable bonds is 2. The highest BCUT2D eigenvalue weighted by Crippen LogP contribution is 2.66. The van der Waals surface area contributed by atoms with Crippen molar-refractivity contribution in [3.8, 4) is 5.88 Å². The van der Waals surface area contributed by atoms with Gasteiger partial charge in [0.15, 0.2) is 5.65 Å². The highest BCUT2D eigenvalue weighted by molar-refractivity contribution is 5.76. The van der Waals surface area contributed by atoms with E-state index in [-0.39, 0.29) is 17.5 Å². The lowest BCUT2D eigenvalue weighted by Gasteiger charge is -2.38. The van der Waals surface area contributed by atoms with Crippen LogP contribution in [0.25, 0.3) is 11.2 Å². The van der Waals surface area contributed by atoms with Crippen LogP contribution in [0.4, 0.5) is 5.95 Å². The number of nitrogens with two attached hydrogens (primary N) is 1. The molecule has 3 N–H and O–H groups in total. The Hall–Kier alpha value is -1.85. The van der Waals surface area contributed by atoms with Crippen LogP contribution in [0.15, 0.2) is 6.33 Å². The SMILES string of the molecule is CC1(C)C2CCC1(C)C(Oc1nc(N)nc3nc[nH]c13)C2. The van der Waals surface area contributed by atoms with Gasteiger partial charge in [0.25, 0.3) is 0 Å². The van der Waals surface area contributed by atoms with Crippen LogP contribution in [0.2, 0.25) is 0 Å². The van der Waals surface area contributed by atoms with Crippen molar-refractivity contribution < 1.29 is 4.74 Å². The van der Waals surface area contributed by atoms with Crippen LogP contribution in [0, 0.1) is 16.7 Å². The summed E-state index contributed by atoms with van der Waals surface area (Å²) in [6.45, 7) is 7.08. The summed E-state index contributed by atoms with van der Waals surface area (Å²) in [6, 6.07) is 0. The Morgan fingerprint density at radius 3 is 2.81 bits per heavy atom. The summed E-state index contributed by atoms with van der Waals surface area (Å²) in [5.74, 6) is 1.46. The van der Waals surface area contributed by atoms with Crippen LogP contribution in [0.5, 0.6) is 5.88 Å². The maximum atomic E-state index is 6.30. The van der Waals surface area contributed by atoms with Crippen LogP contribution in [0.3, 0.4) is 0 Å². The average molecular weight is 287 g/mol. The molecule has 2 fully saturated rings. The Labute approximate surface area is 123 Å². The first-order valence-corrected chi connectivity index (χ1v) is 7.55. The summed E-state index contributed by atoms with van der Waals surface area (Å²) in [4.78, 5) is 15.6. The molecule has 2 aromatic rings. The van der Waals surface area contributed by atoms with Crippen LogP contribution < -0.4 is 10.5 Å². The second-order valence-electron chi connectivity index (χ2n) is 7.21. The predicted octanol–water partition coefficient (Wildman–Crippen LogP) is 2.53. The van der Waals surface area contributed by atoms with Gasteiger partial charge in [0.05, 0.1) is 6.33 Å². The molecular formula is C15H21N5O. The van der Waals surface area contributed by atoms with Crippen molar-refractivity contribution >= 4 is 17.1 Å². The fourth-order valence-electron chi connectivity index (χ4n) is 4.35. The van der Waals surface area contributed by atoms with Crippen molar-refractivity contribution in [2.45, 2.75) is 46.1 Å². The number of imidazole rings is 1. The number of aromatic amines is 1. The molecule has 3 unspecified atom stereocenters. The lowest BCUT2D eigenvalue weighted by Crippen LogP contribution is -2.39. The van der Waals surface area contributed by atoms with E-state index in [1.165, 1.54) is 12.8 Å². The van der Waals surface area contributed by atoms with E-state index in [2.05, 4.69) is 40.7 Å². The third-order valence-corrected chi connectivity index (χ3v) is 6.24. The van der Waals surface area contributed by atoms with E-state index >= 15 is 0 Å². The molecule has 2 bridgehead atoms. The lowest BCUT2D eigenvalue weighted by atomic mass is 9.70. The van der Waals surface area contributed by atoms with Crippen LogP contribution in [-0.2, 0) is 0 Å². The van der Waals surface area contributed by atoms with Gasteiger partial charge in [-0.1, -0.05) is 20.8 Å². The van der Waals surface area contributed by atoms with Gasteiger partial charge in [0.2, 0.25) is 11.8 Å². The minimum Gasteiger partial charge on any atom is -0.472 e. The Balaban J connectivity index is 1.72. The molecule has 0 aliphatic heterocycles. The minimum atomic E-state index is 0.173. The zero-order valence-electron chi connectivity index (χ0n) is 12.7. The molecule has 3 atom stereocenters. The molecule has 2 aliphatic carbocycles. The molecule has 0 aromatic carbocycles. The maximum Gasteiger partial charge on any atom is 0.245 e. The predicted molar refractivity (Wildman–Crippen MR) is 79.7 cm³/mol. The van der Waals surface area contributed by atoms with Gasteiger partial charge in [-0.05, 0) is 30.6 Å².